The summed E-state index contributed by atoms with van der Waals surface area (Å²) in [5, 5.41) is 2.77. The van der Waals surface area contributed by atoms with Gasteiger partial charge in [0, 0.05) is 10.6 Å². The molecule has 0 radical (unpaired) electrons. The summed E-state index contributed by atoms with van der Waals surface area (Å²) in [6.07, 6.45) is 0. The Bertz CT molecular complexity index is 1450. The fraction of sp³-hybridized carbons (Fsp3) is 0. The standard InChI is InChI=1S/C25H18ClFN2O4S/c26-18-8-6-7-17(15-18)25(30)28-22-14-13-20(16-21(22)27)34(31,32)29-23-11-4-5-12-24(23)33-19-9-2-1-3-10-19/h1-16,29H,(H,28,30). The second-order valence-electron chi connectivity index (χ2n) is 7.12. The molecule has 4 rings (SSSR count). The maximum absolute atomic E-state index is 14.7. The largest absolute Gasteiger partial charge is 0.455 e. The second-order valence-corrected chi connectivity index (χ2v) is 9.24. The van der Waals surface area contributed by atoms with Gasteiger partial charge in [0.15, 0.2) is 5.75 Å². The van der Waals surface area contributed by atoms with E-state index in [-0.39, 0.29) is 27.6 Å². The molecule has 0 heterocycles. The molecule has 0 unspecified atom stereocenters. The lowest BCUT2D eigenvalue weighted by Crippen LogP contribution is -2.16. The molecule has 0 aromatic heterocycles. The monoisotopic (exact) mass is 496 g/mol. The Morgan fingerprint density at radius 1 is 0.824 bits per heavy atom. The van der Waals surface area contributed by atoms with Gasteiger partial charge >= 0.3 is 0 Å². The molecule has 0 aliphatic heterocycles. The number of hydrogen-bond acceptors (Lipinski definition) is 4. The number of anilines is 2. The van der Waals surface area contributed by atoms with Crippen LogP contribution in [0.4, 0.5) is 15.8 Å². The van der Waals surface area contributed by atoms with Gasteiger partial charge in [0.1, 0.15) is 11.6 Å². The van der Waals surface area contributed by atoms with Crippen LogP contribution in [-0.4, -0.2) is 14.3 Å². The van der Waals surface area contributed by atoms with Crippen LogP contribution in [0.2, 0.25) is 5.02 Å². The Labute approximate surface area is 201 Å². The number of halogens is 2. The highest BCUT2D eigenvalue weighted by atomic mass is 35.5. The molecule has 4 aromatic rings. The first kappa shape index (κ1) is 23.3. The molecular formula is C25H18ClFN2O4S. The highest BCUT2D eigenvalue weighted by molar-refractivity contribution is 7.92. The van der Waals surface area contributed by atoms with E-state index in [0.29, 0.717) is 10.8 Å². The van der Waals surface area contributed by atoms with Crippen LogP contribution in [0.15, 0.2) is 102 Å². The first-order valence-corrected chi connectivity index (χ1v) is 11.9. The van der Waals surface area contributed by atoms with E-state index in [1.807, 2.05) is 6.07 Å². The number of para-hydroxylation sites is 3. The zero-order valence-electron chi connectivity index (χ0n) is 17.5. The quantitative estimate of drug-likeness (QED) is 0.313. The summed E-state index contributed by atoms with van der Waals surface area (Å²) in [4.78, 5) is 12.0. The summed E-state index contributed by atoms with van der Waals surface area (Å²) in [6.45, 7) is 0. The molecule has 0 aliphatic carbocycles. The molecule has 1 amide bonds. The molecule has 9 heteroatoms. The van der Waals surface area contributed by atoms with Crippen LogP contribution in [0, 0.1) is 5.82 Å². The van der Waals surface area contributed by atoms with Crippen LogP contribution in [0.25, 0.3) is 0 Å². The molecule has 34 heavy (non-hydrogen) atoms. The van der Waals surface area contributed by atoms with Gasteiger partial charge in [-0.1, -0.05) is 48.0 Å². The topological polar surface area (TPSA) is 84.5 Å². The predicted molar refractivity (Wildman–Crippen MR) is 130 cm³/mol. The van der Waals surface area contributed by atoms with Gasteiger partial charge in [-0.2, -0.15) is 0 Å². The van der Waals surface area contributed by atoms with Crippen molar-refractivity contribution in [3.8, 4) is 11.5 Å². The van der Waals surface area contributed by atoms with E-state index in [2.05, 4.69) is 10.0 Å². The Morgan fingerprint density at radius 3 is 2.29 bits per heavy atom. The maximum atomic E-state index is 14.7. The molecular weight excluding hydrogens is 479 g/mol. The van der Waals surface area contributed by atoms with E-state index in [1.165, 1.54) is 30.3 Å². The number of rotatable bonds is 7. The van der Waals surface area contributed by atoms with Gasteiger partial charge in [0.2, 0.25) is 0 Å². The van der Waals surface area contributed by atoms with E-state index in [4.69, 9.17) is 16.3 Å². The lowest BCUT2D eigenvalue weighted by molar-refractivity contribution is 0.102. The van der Waals surface area contributed by atoms with Gasteiger partial charge in [-0.25, -0.2) is 12.8 Å². The normalized spacial score (nSPS) is 11.0. The molecule has 0 atom stereocenters. The first-order valence-electron chi connectivity index (χ1n) is 10.0. The van der Waals surface area contributed by atoms with Crippen LogP contribution in [0.3, 0.4) is 0 Å². The van der Waals surface area contributed by atoms with Gasteiger partial charge in [-0.15, -0.1) is 0 Å². The number of hydrogen-bond donors (Lipinski definition) is 2. The third-order valence-corrected chi connectivity index (χ3v) is 6.29. The van der Waals surface area contributed by atoms with Crippen LogP contribution in [0.5, 0.6) is 11.5 Å². The fourth-order valence-electron chi connectivity index (χ4n) is 3.05. The summed E-state index contributed by atoms with van der Waals surface area (Å²) in [6, 6.07) is 24.7. The summed E-state index contributed by atoms with van der Waals surface area (Å²) < 4.78 is 48.7. The average Bonchev–Trinajstić information content (AvgIpc) is 2.82. The van der Waals surface area contributed by atoms with Crippen molar-refractivity contribution < 1.29 is 22.3 Å². The summed E-state index contributed by atoms with van der Waals surface area (Å²) in [7, 11) is -4.15. The number of carbonyl (C=O) groups is 1. The van der Waals surface area contributed by atoms with Crippen molar-refractivity contribution in [2.75, 3.05) is 10.0 Å². The summed E-state index contributed by atoms with van der Waals surface area (Å²) in [5.41, 5.74) is 0.252. The second kappa shape index (κ2) is 9.94. The molecule has 2 N–H and O–H groups in total. The minimum absolute atomic E-state index is 0.170. The number of carbonyl (C=O) groups excluding carboxylic acids is 1. The SMILES string of the molecule is O=C(Nc1ccc(S(=O)(=O)Nc2ccccc2Oc2ccccc2)cc1F)c1cccc(Cl)c1. The van der Waals surface area contributed by atoms with E-state index < -0.39 is 21.7 Å². The number of amides is 1. The number of sulfonamides is 1. The van der Waals surface area contributed by atoms with Crippen molar-refractivity contribution in [3.63, 3.8) is 0 Å². The van der Waals surface area contributed by atoms with Crippen molar-refractivity contribution in [3.05, 3.63) is 113 Å². The van der Waals surface area contributed by atoms with Gasteiger partial charge in [0.25, 0.3) is 15.9 Å². The maximum Gasteiger partial charge on any atom is 0.262 e. The molecule has 0 spiro atoms. The molecule has 0 bridgehead atoms. The fourth-order valence-corrected chi connectivity index (χ4v) is 4.32. The van der Waals surface area contributed by atoms with E-state index in [1.54, 1.807) is 54.6 Å². The van der Waals surface area contributed by atoms with Crippen LogP contribution < -0.4 is 14.8 Å². The lowest BCUT2D eigenvalue weighted by Gasteiger charge is -2.14. The lowest BCUT2D eigenvalue weighted by atomic mass is 10.2. The zero-order chi connectivity index (χ0) is 24.1. The number of ether oxygens (including phenoxy) is 1. The van der Waals surface area contributed by atoms with E-state index >= 15 is 0 Å². The molecule has 0 saturated heterocycles. The smallest absolute Gasteiger partial charge is 0.262 e. The Kier molecular flexibility index (Phi) is 6.81. The summed E-state index contributed by atoms with van der Waals surface area (Å²) in [5.74, 6) is -0.683. The van der Waals surface area contributed by atoms with Crippen molar-refractivity contribution in [1.82, 2.24) is 0 Å². The van der Waals surface area contributed by atoms with Gasteiger partial charge in [-0.3, -0.25) is 9.52 Å². The Morgan fingerprint density at radius 2 is 1.56 bits per heavy atom. The highest BCUT2D eigenvalue weighted by Crippen LogP contribution is 2.31. The minimum atomic E-state index is -4.15. The van der Waals surface area contributed by atoms with Gasteiger partial charge in [0.05, 0.1) is 16.3 Å². The zero-order valence-corrected chi connectivity index (χ0v) is 19.1. The van der Waals surface area contributed by atoms with Crippen molar-refractivity contribution in [2.45, 2.75) is 4.90 Å². The minimum Gasteiger partial charge on any atom is -0.455 e. The molecule has 4 aromatic carbocycles. The van der Waals surface area contributed by atoms with Crippen molar-refractivity contribution in [1.29, 1.82) is 0 Å². The number of benzene rings is 4. The van der Waals surface area contributed by atoms with Crippen molar-refractivity contribution in [2.24, 2.45) is 0 Å². The molecule has 172 valence electrons. The Hall–Kier alpha value is -3.88. The van der Waals surface area contributed by atoms with Crippen LogP contribution in [-0.2, 0) is 10.0 Å². The molecule has 0 aliphatic rings. The average molecular weight is 497 g/mol. The molecule has 0 fully saturated rings. The molecule has 0 saturated carbocycles. The van der Waals surface area contributed by atoms with Crippen LogP contribution >= 0.6 is 11.6 Å². The summed E-state index contributed by atoms with van der Waals surface area (Å²) >= 11 is 5.88. The van der Waals surface area contributed by atoms with E-state index in [0.717, 1.165) is 6.07 Å². The van der Waals surface area contributed by atoms with Crippen LogP contribution in [0.1, 0.15) is 10.4 Å². The third-order valence-electron chi connectivity index (χ3n) is 4.69. The van der Waals surface area contributed by atoms with Gasteiger partial charge < -0.3 is 10.1 Å². The third kappa shape index (κ3) is 5.54. The predicted octanol–water partition coefficient (Wildman–Crippen LogP) is 6.32. The Balaban J connectivity index is 1.53. The molecule has 6 nitrogen and oxygen atoms in total. The number of nitrogens with one attached hydrogen (secondary N) is 2. The highest BCUT2D eigenvalue weighted by Gasteiger charge is 2.19. The first-order chi connectivity index (χ1) is 16.3. The van der Waals surface area contributed by atoms with Gasteiger partial charge in [-0.05, 0) is 60.7 Å². The van der Waals surface area contributed by atoms with E-state index in [9.17, 15) is 17.6 Å². The van der Waals surface area contributed by atoms with Crippen molar-refractivity contribution >= 4 is 38.9 Å².